The summed E-state index contributed by atoms with van der Waals surface area (Å²) in [5.41, 5.74) is 4.06. The summed E-state index contributed by atoms with van der Waals surface area (Å²) in [5, 5.41) is 0. The van der Waals surface area contributed by atoms with Crippen molar-refractivity contribution in [2.45, 2.75) is 41.0 Å². The molecule has 0 heteroatoms. The fourth-order valence-corrected chi connectivity index (χ4v) is 1.95. The van der Waals surface area contributed by atoms with Crippen LogP contribution >= 0.6 is 0 Å². The predicted molar refractivity (Wildman–Crippen MR) is 73.2 cm³/mol. The highest BCUT2D eigenvalue weighted by molar-refractivity contribution is 5.62. The van der Waals surface area contributed by atoms with Gasteiger partial charge in [-0.05, 0) is 29.9 Å². The Kier molecular flexibility index (Phi) is 3.96. The Balaban J connectivity index is 2.87. The van der Waals surface area contributed by atoms with Crippen molar-refractivity contribution in [3.05, 3.63) is 47.9 Å². The van der Waals surface area contributed by atoms with E-state index in [1.54, 1.807) is 0 Å². The van der Waals surface area contributed by atoms with Gasteiger partial charge < -0.3 is 0 Å². The molecule has 0 nitrogen and oxygen atoms in total. The van der Waals surface area contributed by atoms with Gasteiger partial charge in [0.05, 0.1) is 0 Å². The van der Waals surface area contributed by atoms with Crippen molar-refractivity contribution in [1.82, 2.24) is 0 Å². The summed E-state index contributed by atoms with van der Waals surface area (Å²) in [6, 6.07) is 8.67. The van der Waals surface area contributed by atoms with Crippen LogP contribution in [0.5, 0.6) is 0 Å². The zero-order chi connectivity index (χ0) is 12.3. The highest BCUT2D eigenvalue weighted by atomic mass is 14.2. The molecule has 0 bridgehead atoms. The SMILES string of the molecule is C=C(C)c1cccc([C](C)CC(C)(C)C)c1. The molecular weight excluding hydrogens is 192 g/mol. The lowest BCUT2D eigenvalue weighted by atomic mass is 9.82. The first kappa shape index (κ1) is 13.0. The molecule has 0 saturated carbocycles. The molecule has 87 valence electrons. The van der Waals surface area contributed by atoms with Gasteiger partial charge >= 0.3 is 0 Å². The van der Waals surface area contributed by atoms with Crippen LogP contribution in [0, 0.1) is 11.3 Å². The maximum absolute atomic E-state index is 3.99. The van der Waals surface area contributed by atoms with Gasteiger partial charge in [0, 0.05) is 5.92 Å². The van der Waals surface area contributed by atoms with E-state index in [0.29, 0.717) is 5.41 Å². The van der Waals surface area contributed by atoms with Crippen molar-refractivity contribution >= 4 is 5.57 Å². The average molecular weight is 215 g/mol. The Morgan fingerprint density at radius 3 is 2.19 bits per heavy atom. The molecule has 0 N–H and O–H groups in total. The zero-order valence-electron chi connectivity index (χ0n) is 11.2. The van der Waals surface area contributed by atoms with Gasteiger partial charge in [-0.15, -0.1) is 0 Å². The van der Waals surface area contributed by atoms with E-state index in [-0.39, 0.29) is 0 Å². The predicted octanol–water partition coefficient (Wildman–Crippen LogP) is 5.10. The molecule has 0 atom stereocenters. The standard InChI is InChI=1S/C16H23/c1-12(2)14-8-7-9-15(10-14)13(3)11-16(4,5)6/h7-10H,1,11H2,2-6H3. The molecule has 1 rings (SSSR count). The monoisotopic (exact) mass is 215 g/mol. The second-order valence-electron chi connectivity index (χ2n) is 5.88. The average Bonchev–Trinajstić information content (AvgIpc) is 2.15. The third kappa shape index (κ3) is 3.84. The van der Waals surface area contributed by atoms with Crippen molar-refractivity contribution < 1.29 is 0 Å². The quantitative estimate of drug-likeness (QED) is 0.658. The van der Waals surface area contributed by atoms with Crippen LogP contribution in [0.1, 0.15) is 52.2 Å². The molecule has 0 saturated heterocycles. The molecule has 0 aliphatic heterocycles. The Morgan fingerprint density at radius 1 is 1.12 bits per heavy atom. The number of allylic oxidation sites excluding steroid dienone is 1. The van der Waals surface area contributed by atoms with E-state index >= 15 is 0 Å². The van der Waals surface area contributed by atoms with Crippen LogP contribution < -0.4 is 0 Å². The van der Waals surface area contributed by atoms with Crippen LogP contribution in [0.3, 0.4) is 0 Å². The van der Waals surface area contributed by atoms with Crippen molar-refractivity contribution in [2.75, 3.05) is 0 Å². The van der Waals surface area contributed by atoms with Gasteiger partial charge in [0.25, 0.3) is 0 Å². The number of hydrogen-bond acceptors (Lipinski definition) is 0. The van der Waals surface area contributed by atoms with E-state index in [9.17, 15) is 0 Å². The first-order valence-electron chi connectivity index (χ1n) is 5.88. The molecule has 0 fully saturated rings. The number of hydrogen-bond donors (Lipinski definition) is 0. The van der Waals surface area contributed by atoms with Crippen LogP contribution in [0.2, 0.25) is 0 Å². The Morgan fingerprint density at radius 2 is 1.69 bits per heavy atom. The fraction of sp³-hybridized carbons (Fsp3) is 0.438. The lowest BCUT2D eigenvalue weighted by Gasteiger charge is -2.23. The molecular formula is C16H23. The minimum atomic E-state index is 0.351. The summed E-state index contributed by atoms with van der Waals surface area (Å²) >= 11 is 0. The van der Waals surface area contributed by atoms with Crippen molar-refractivity contribution in [2.24, 2.45) is 5.41 Å². The van der Waals surface area contributed by atoms with Crippen LogP contribution in [0.15, 0.2) is 30.8 Å². The molecule has 0 aliphatic rings. The first-order chi connectivity index (χ1) is 7.29. The molecule has 0 aliphatic carbocycles. The number of benzene rings is 1. The molecule has 1 aromatic rings. The van der Waals surface area contributed by atoms with Crippen LogP contribution in [-0.2, 0) is 0 Å². The van der Waals surface area contributed by atoms with Crippen LogP contribution in [-0.4, -0.2) is 0 Å². The largest absolute Gasteiger partial charge is 0.0955 e. The second-order valence-corrected chi connectivity index (χ2v) is 5.88. The van der Waals surface area contributed by atoms with Crippen molar-refractivity contribution in [1.29, 1.82) is 0 Å². The second kappa shape index (κ2) is 4.86. The maximum Gasteiger partial charge on any atom is 0.00243 e. The van der Waals surface area contributed by atoms with Gasteiger partial charge in [-0.3, -0.25) is 0 Å². The van der Waals surface area contributed by atoms with E-state index in [0.717, 1.165) is 12.0 Å². The number of rotatable bonds is 3. The molecule has 16 heavy (non-hydrogen) atoms. The summed E-state index contributed by atoms with van der Waals surface area (Å²) in [6.07, 6.45) is 1.13. The molecule has 0 spiro atoms. The summed E-state index contributed by atoms with van der Waals surface area (Å²) in [4.78, 5) is 0. The van der Waals surface area contributed by atoms with Gasteiger partial charge in [-0.1, -0.05) is 64.1 Å². The summed E-state index contributed by atoms with van der Waals surface area (Å²) < 4.78 is 0. The Bertz CT molecular complexity index is 366. The van der Waals surface area contributed by atoms with Crippen molar-refractivity contribution in [3.8, 4) is 0 Å². The highest BCUT2D eigenvalue weighted by Gasteiger charge is 2.17. The lowest BCUT2D eigenvalue weighted by Crippen LogP contribution is -2.10. The topological polar surface area (TPSA) is 0 Å². The molecule has 0 unspecified atom stereocenters. The third-order valence-corrected chi connectivity index (χ3v) is 2.64. The zero-order valence-corrected chi connectivity index (χ0v) is 11.2. The molecule has 0 heterocycles. The summed E-state index contributed by atoms with van der Waals surface area (Å²) in [7, 11) is 0. The highest BCUT2D eigenvalue weighted by Crippen LogP contribution is 2.30. The molecule has 1 radical (unpaired) electrons. The van der Waals surface area contributed by atoms with Gasteiger partial charge in [-0.2, -0.15) is 0 Å². The normalized spacial score (nSPS) is 11.9. The minimum absolute atomic E-state index is 0.351. The van der Waals surface area contributed by atoms with Gasteiger partial charge in [0.1, 0.15) is 0 Å². The maximum atomic E-state index is 3.99. The van der Waals surface area contributed by atoms with E-state index in [1.807, 2.05) is 0 Å². The molecule has 0 aromatic heterocycles. The van der Waals surface area contributed by atoms with E-state index < -0.39 is 0 Å². The molecule has 0 amide bonds. The van der Waals surface area contributed by atoms with Crippen molar-refractivity contribution in [3.63, 3.8) is 0 Å². The third-order valence-electron chi connectivity index (χ3n) is 2.64. The fourth-order valence-electron chi connectivity index (χ4n) is 1.95. The lowest BCUT2D eigenvalue weighted by molar-refractivity contribution is 0.393. The van der Waals surface area contributed by atoms with Gasteiger partial charge in [0.2, 0.25) is 0 Å². The smallest absolute Gasteiger partial charge is 0.00243 e. The van der Waals surface area contributed by atoms with E-state index in [1.165, 1.54) is 17.0 Å². The first-order valence-corrected chi connectivity index (χ1v) is 5.88. The van der Waals surface area contributed by atoms with Gasteiger partial charge in [-0.25, -0.2) is 0 Å². The Hall–Kier alpha value is -1.04. The summed E-state index contributed by atoms with van der Waals surface area (Å²) in [6.45, 7) is 15.1. The van der Waals surface area contributed by atoms with Crippen LogP contribution in [0.4, 0.5) is 0 Å². The Labute approximate surface area is 100 Å². The van der Waals surface area contributed by atoms with Crippen LogP contribution in [0.25, 0.3) is 5.57 Å². The molecule has 1 aromatic carbocycles. The van der Waals surface area contributed by atoms with E-state index in [4.69, 9.17) is 0 Å². The van der Waals surface area contributed by atoms with E-state index in [2.05, 4.69) is 65.5 Å². The minimum Gasteiger partial charge on any atom is -0.0955 e. The van der Waals surface area contributed by atoms with Gasteiger partial charge in [0.15, 0.2) is 0 Å². The summed E-state index contributed by atoms with van der Waals surface area (Å²) in [5.74, 6) is 1.45.